The summed E-state index contributed by atoms with van der Waals surface area (Å²) in [5.41, 5.74) is 3.19. The summed E-state index contributed by atoms with van der Waals surface area (Å²) < 4.78 is 18.9. The Labute approximate surface area is 168 Å². The van der Waals surface area contributed by atoms with E-state index in [9.17, 15) is 4.79 Å². The molecule has 1 aliphatic rings. The minimum Gasteiger partial charge on any atom is -0.493 e. The third-order valence-corrected chi connectivity index (χ3v) is 5.31. The van der Waals surface area contributed by atoms with Gasteiger partial charge in [0.2, 0.25) is 11.8 Å². The predicted octanol–water partition coefficient (Wildman–Crippen LogP) is 2.56. The number of amides is 1. The molecule has 0 radical (unpaired) electrons. The molecule has 8 heteroatoms. The van der Waals surface area contributed by atoms with Gasteiger partial charge < -0.3 is 24.1 Å². The van der Waals surface area contributed by atoms with Crippen LogP contribution in [0.1, 0.15) is 13.3 Å². The largest absolute Gasteiger partial charge is 0.493 e. The first-order valence-electron chi connectivity index (χ1n) is 9.48. The number of carbonyl (C=O) groups is 1. The van der Waals surface area contributed by atoms with Crippen LogP contribution in [-0.4, -0.2) is 47.3 Å². The first-order chi connectivity index (χ1) is 14.0. The number of carbonyl (C=O) groups excluding carboxylic acids is 1. The molecule has 1 fully saturated rings. The van der Waals surface area contributed by atoms with Crippen LogP contribution in [0, 0.1) is 5.92 Å². The van der Waals surface area contributed by atoms with Crippen LogP contribution in [-0.2, 0) is 11.8 Å². The zero-order valence-corrected chi connectivity index (χ0v) is 16.9. The van der Waals surface area contributed by atoms with Gasteiger partial charge in [-0.2, -0.15) is 0 Å². The second kappa shape index (κ2) is 7.62. The number of nitrogens with one attached hydrogen (secondary N) is 1. The Balaban J connectivity index is 1.74. The molecule has 0 aliphatic carbocycles. The third-order valence-electron chi connectivity index (χ3n) is 5.31. The number of aryl methyl sites for hydroxylation is 1. The van der Waals surface area contributed by atoms with E-state index in [4.69, 9.17) is 19.2 Å². The Kier molecular flexibility index (Phi) is 5.00. The van der Waals surface area contributed by atoms with Crippen molar-refractivity contribution in [3.63, 3.8) is 0 Å². The Bertz CT molecular complexity index is 1060. The van der Waals surface area contributed by atoms with Crippen LogP contribution in [0.2, 0.25) is 0 Å². The lowest BCUT2D eigenvalue weighted by atomic mass is 10.0. The summed E-state index contributed by atoms with van der Waals surface area (Å²) in [5, 5.41) is 2.86. The van der Waals surface area contributed by atoms with Gasteiger partial charge in [0, 0.05) is 31.5 Å². The maximum absolute atomic E-state index is 11.6. The van der Waals surface area contributed by atoms with E-state index >= 15 is 0 Å². The van der Waals surface area contributed by atoms with Gasteiger partial charge in [0.15, 0.2) is 11.5 Å². The smallest absolute Gasteiger partial charge is 0.241 e. The van der Waals surface area contributed by atoms with Gasteiger partial charge in [-0.25, -0.2) is 9.97 Å². The van der Waals surface area contributed by atoms with Crippen molar-refractivity contribution in [1.29, 1.82) is 0 Å². The molecular formula is C21H24N4O4. The normalized spacial score (nSPS) is 17.2. The van der Waals surface area contributed by atoms with Gasteiger partial charge in [-0.3, -0.25) is 4.79 Å². The Morgan fingerprint density at radius 3 is 2.69 bits per heavy atom. The molecule has 29 heavy (non-hydrogen) atoms. The van der Waals surface area contributed by atoms with Gasteiger partial charge in [-0.05, 0) is 31.2 Å². The van der Waals surface area contributed by atoms with E-state index in [0.29, 0.717) is 30.3 Å². The lowest BCUT2D eigenvalue weighted by Crippen LogP contribution is -2.26. The van der Waals surface area contributed by atoms with Crippen molar-refractivity contribution in [3.05, 3.63) is 30.6 Å². The SMILES string of the molecule is COc1ccc(-c2cc3ncn(C)c3c(OC(C)[C@H]3CNC(=O)C3)n2)cc1OC. The lowest BCUT2D eigenvalue weighted by molar-refractivity contribution is -0.119. The maximum Gasteiger partial charge on any atom is 0.241 e. The predicted molar refractivity (Wildman–Crippen MR) is 108 cm³/mol. The molecule has 1 saturated heterocycles. The monoisotopic (exact) mass is 396 g/mol. The highest BCUT2D eigenvalue weighted by molar-refractivity contribution is 5.85. The minimum absolute atomic E-state index is 0.0585. The highest BCUT2D eigenvalue weighted by Gasteiger charge is 2.29. The molecule has 1 N–H and O–H groups in total. The number of pyridine rings is 1. The quantitative estimate of drug-likeness (QED) is 0.689. The number of methoxy groups -OCH3 is 2. The fourth-order valence-corrected chi connectivity index (χ4v) is 3.60. The summed E-state index contributed by atoms with van der Waals surface area (Å²) >= 11 is 0. The van der Waals surface area contributed by atoms with Gasteiger partial charge in [0.05, 0.1) is 31.8 Å². The molecule has 8 nitrogen and oxygen atoms in total. The van der Waals surface area contributed by atoms with Crippen molar-refractivity contribution in [3.8, 4) is 28.6 Å². The Hall–Kier alpha value is -3.29. The van der Waals surface area contributed by atoms with Crippen LogP contribution >= 0.6 is 0 Å². The average Bonchev–Trinajstić information content (AvgIpc) is 3.33. The number of hydrogen-bond donors (Lipinski definition) is 1. The number of aromatic nitrogens is 3. The van der Waals surface area contributed by atoms with E-state index in [0.717, 1.165) is 22.3 Å². The summed E-state index contributed by atoms with van der Waals surface area (Å²) in [5.74, 6) is 1.94. The van der Waals surface area contributed by atoms with Crippen molar-refractivity contribution >= 4 is 16.9 Å². The summed E-state index contributed by atoms with van der Waals surface area (Å²) in [4.78, 5) is 20.8. The molecule has 3 heterocycles. The number of imidazole rings is 1. The van der Waals surface area contributed by atoms with E-state index in [1.165, 1.54) is 0 Å². The summed E-state index contributed by atoms with van der Waals surface area (Å²) in [6, 6.07) is 7.57. The van der Waals surface area contributed by atoms with Crippen LogP contribution in [0.3, 0.4) is 0 Å². The number of fused-ring (bicyclic) bond motifs is 1. The number of ether oxygens (including phenoxy) is 3. The molecule has 152 valence electrons. The van der Waals surface area contributed by atoms with Crippen LogP contribution in [0.5, 0.6) is 17.4 Å². The van der Waals surface area contributed by atoms with Gasteiger partial charge in [-0.1, -0.05) is 0 Å². The van der Waals surface area contributed by atoms with E-state index in [1.807, 2.05) is 42.8 Å². The van der Waals surface area contributed by atoms with Gasteiger partial charge in [0.1, 0.15) is 11.6 Å². The van der Waals surface area contributed by atoms with Gasteiger partial charge in [-0.15, -0.1) is 0 Å². The molecular weight excluding hydrogens is 372 g/mol. The average molecular weight is 396 g/mol. The highest BCUT2D eigenvalue weighted by Crippen LogP contribution is 2.35. The standard InChI is InChI=1S/C21H24N4O4/c1-12(14-8-19(26)22-10-14)29-21-20-16(23-11-25(20)2)9-15(24-21)13-5-6-17(27-3)18(7-13)28-4/h5-7,9,11-12,14H,8,10H2,1-4H3,(H,22,26)/t12?,14-/m1/s1. The molecule has 1 amide bonds. The zero-order chi connectivity index (χ0) is 20.5. The second-order valence-corrected chi connectivity index (χ2v) is 7.20. The molecule has 1 aromatic carbocycles. The number of nitrogens with zero attached hydrogens (tertiary/aromatic N) is 3. The van der Waals surface area contributed by atoms with Crippen molar-refractivity contribution in [1.82, 2.24) is 19.9 Å². The second-order valence-electron chi connectivity index (χ2n) is 7.20. The van der Waals surface area contributed by atoms with E-state index in [2.05, 4.69) is 10.3 Å². The zero-order valence-electron chi connectivity index (χ0n) is 16.9. The van der Waals surface area contributed by atoms with Crippen LogP contribution in [0.4, 0.5) is 0 Å². The number of benzene rings is 1. The molecule has 4 rings (SSSR count). The number of rotatable bonds is 6. The van der Waals surface area contributed by atoms with Crippen LogP contribution in [0.15, 0.2) is 30.6 Å². The summed E-state index contributed by atoms with van der Waals surface area (Å²) in [6.07, 6.45) is 2.04. The number of hydrogen-bond acceptors (Lipinski definition) is 6. The molecule has 1 unspecified atom stereocenters. The molecule has 1 aliphatic heterocycles. The van der Waals surface area contributed by atoms with Crippen molar-refractivity contribution in [2.75, 3.05) is 20.8 Å². The molecule has 0 bridgehead atoms. The minimum atomic E-state index is -0.166. The van der Waals surface area contributed by atoms with E-state index < -0.39 is 0 Å². The first-order valence-corrected chi connectivity index (χ1v) is 9.48. The molecule has 3 aromatic rings. The van der Waals surface area contributed by atoms with Gasteiger partial charge in [0.25, 0.3) is 0 Å². The maximum atomic E-state index is 11.6. The van der Waals surface area contributed by atoms with Crippen molar-refractivity contribution in [2.45, 2.75) is 19.4 Å². The van der Waals surface area contributed by atoms with E-state index in [-0.39, 0.29) is 17.9 Å². The fraction of sp³-hybridized carbons (Fsp3) is 0.381. The Morgan fingerprint density at radius 2 is 2.00 bits per heavy atom. The Morgan fingerprint density at radius 1 is 1.21 bits per heavy atom. The topological polar surface area (TPSA) is 87.5 Å². The lowest BCUT2D eigenvalue weighted by Gasteiger charge is -2.20. The van der Waals surface area contributed by atoms with Crippen LogP contribution in [0.25, 0.3) is 22.3 Å². The molecule has 2 aromatic heterocycles. The molecule has 0 saturated carbocycles. The summed E-state index contributed by atoms with van der Waals surface area (Å²) in [6.45, 7) is 2.59. The van der Waals surface area contributed by atoms with Crippen LogP contribution < -0.4 is 19.5 Å². The molecule has 2 atom stereocenters. The third kappa shape index (κ3) is 3.57. The van der Waals surface area contributed by atoms with E-state index in [1.54, 1.807) is 20.5 Å². The highest BCUT2D eigenvalue weighted by atomic mass is 16.5. The van der Waals surface area contributed by atoms with Crippen molar-refractivity contribution < 1.29 is 19.0 Å². The first kappa shape index (κ1) is 19.0. The molecule has 0 spiro atoms. The van der Waals surface area contributed by atoms with Crippen molar-refractivity contribution in [2.24, 2.45) is 13.0 Å². The summed E-state index contributed by atoms with van der Waals surface area (Å²) in [7, 11) is 5.11. The van der Waals surface area contributed by atoms with Gasteiger partial charge >= 0.3 is 0 Å². The fourth-order valence-electron chi connectivity index (χ4n) is 3.60.